The van der Waals surface area contributed by atoms with Crippen LogP contribution in [0.1, 0.15) is 11.3 Å². The van der Waals surface area contributed by atoms with E-state index < -0.39 is 6.04 Å². The van der Waals surface area contributed by atoms with Crippen LogP contribution in [0.5, 0.6) is 5.75 Å². The Kier molecular flexibility index (Phi) is 6.31. The first-order valence-electron chi connectivity index (χ1n) is 8.61. The van der Waals surface area contributed by atoms with Crippen molar-refractivity contribution in [3.05, 3.63) is 46.8 Å². The number of carbonyl (C=O) groups is 2. The number of methoxy groups -OCH3 is 1. The monoisotopic (exact) mass is 420 g/mol. The first-order valence-corrected chi connectivity index (χ1v) is 10.1. The molecule has 1 saturated heterocycles. The highest BCUT2D eigenvalue weighted by Gasteiger charge is 2.33. The van der Waals surface area contributed by atoms with Gasteiger partial charge in [-0.25, -0.2) is 0 Å². The van der Waals surface area contributed by atoms with Crippen molar-refractivity contribution in [2.75, 3.05) is 24.1 Å². The van der Waals surface area contributed by atoms with Gasteiger partial charge in [0.15, 0.2) is 0 Å². The van der Waals surface area contributed by atoms with Crippen LogP contribution in [-0.4, -0.2) is 51.3 Å². The number of benzene rings is 1. The number of nitrogens with zero attached hydrogens (tertiary/aromatic N) is 3. The molecule has 2 heterocycles. The summed E-state index contributed by atoms with van der Waals surface area (Å²) in [6.07, 6.45) is 3.09. The summed E-state index contributed by atoms with van der Waals surface area (Å²) in [5, 5.41) is 7.54. The zero-order chi connectivity index (χ0) is 20.3. The number of halogens is 1. The minimum absolute atomic E-state index is 0.215. The van der Waals surface area contributed by atoms with E-state index in [0.29, 0.717) is 33.8 Å². The Hall–Kier alpha value is -2.45. The summed E-state index contributed by atoms with van der Waals surface area (Å²) in [5.74, 6) is 1.27. The number of aryl methyl sites for hydroxylation is 2. The number of carbonyl (C=O) groups excluding carboxylic acids is 2. The maximum Gasteiger partial charge on any atom is 0.248 e. The van der Waals surface area contributed by atoms with Crippen molar-refractivity contribution >= 4 is 46.9 Å². The molecule has 148 valence electrons. The molecule has 1 aromatic heterocycles. The van der Waals surface area contributed by atoms with Gasteiger partial charge in [-0.15, -0.1) is 11.8 Å². The average Bonchev–Trinajstić information content (AvgIpc) is 3.26. The number of ether oxygens (including phenoxy) is 1. The van der Waals surface area contributed by atoms with E-state index in [0.717, 1.165) is 5.69 Å². The lowest BCUT2D eigenvalue weighted by Crippen LogP contribution is -2.43. The fourth-order valence-electron chi connectivity index (χ4n) is 2.86. The highest BCUT2D eigenvalue weighted by molar-refractivity contribution is 7.99. The largest absolute Gasteiger partial charge is 0.497 e. The predicted molar refractivity (Wildman–Crippen MR) is 112 cm³/mol. The third-order valence-electron chi connectivity index (χ3n) is 4.41. The highest BCUT2D eigenvalue weighted by atomic mass is 35.5. The molecule has 1 N–H and O–H groups in total. The van der Waals surface area contributed by atoms with Crippen molar-refractivity contribution in [1.29, 1.82) is 0 Å². The van der Waals surface area contributed by atoms with Crippen LogP contribution in [0.15, 0.2) is 30.3 Å². The Morgan fingerprint density at radius 3 is 2.68 bits per heavy atom. The van der Waals surface area contributed by atoms with Gasteiger partial charge in [-0.05, 0) is 37.3 Å². The van der Waals surface area contributed by atoms with Crippen LogP contribution in [0.2, 0.25) is 5.15 Å². The average molecular weight is 421 g/mol. The molecule has 1 atom stereocenters. The summed E-state index contributed by atoms with van der Waals surface area (Å²) in [6, 6.07) is 6.53. The van der Waals surface area contributed by atoms with Crippen LogP contribution in [0.4, 0.5) is 5.69 Å². The number of thioether (sulfide) groups is 1. The summed E-state index contributed by atoms with van der Waals surface area (Å²) in [7, 11) is 3.33. The second-order valence-corrected chi connectivity index (χ2v) is 7.65. The van der Waals surface area contributed by atoms with Gasteiger partial charge in [-0.3, -0.25) is 14.3 Å². The second kappa shape index (κ2) is 8.70. The van der Waals surface area contributed by atoms with Gasteiger partial charge in [0.25, 0.3) is 0 Å². The molecule has 9 heteroatoms. The Morgan fingerprint density at radius 2 is 2.07 bits per heavy atom. The molecule has 1 aromatic carbocycles. The first-order chi connectivity index (χ1) is 13.4. The van der Waals surface area contributed by atoms with Crippen LogP contribution in [-0.2, 0) is 16.6 Å². The SMILES string of the molecule is COc1ccc(NC(=O)C2CSCN2C(=O)/C=C/c2c(C)nn(C)c2Cl)cc1. The molecule has 1 aliphatic rings. The quantitative estimate of drug-likeness (QED) is 0.752. The zero-order valence-corrected chi connectivity index (χ0v) is 17.4. The van der Waals surface area contributed by atoms with Crippen LogP contribution < -0.4 is 10.1 Å². The van der Waals surface area contributed by atoms with Crippen LogP contribution in [0, 0.1) is 6.92 Å². The molecule has 0 bridgehead atoms. The van der Waals surface area contributed by atoms with E-state index in [9.17, 15) is 9.59 Å². The maximum absolute atomic E-state index is 12.7. The summed E-state index contributed by atoms with van der Waals surface area (Å²) in [6.45, 7) is 1.83. The van der Waals surface area contributed by atoms with E-state index >= 15 is 0 Å². The fraction of sp³-hybridized carbons (Fsp3) is 0.316. The van der Waals surface area contributed by atoms with Crippen molar-refractivity contribution in [2.24, 2.45) is 7.05 Å². The summed E-state index contributed by atoms with van der Waals surface area (Å²) in [5.41, 5.74) is 2.09. The molecule has 1 aliphatic heterocycles. The van der Waals surface area contributed by atoms with Crippen LogP contribution in [0.25, 0.3) is 6.08 Å². The van der Waals surface area contributed by atoms with E-state index in [2.05, 4.69) is 10.4 Å². The van der Waals surface area contributed by atoms with E-state index in [4.69, 9.17) is 16.3 Å². The minimum atomic E-state index is -0.533. The molecule has 0 spiro atoms. The number of hydrogen-bond acceptors (Lipinski definition) is 5. The smallest absolute Gasteiger partial charge is 0.248 e. The lowest BCUT2D eigenvalue weighted by molar-refractivity contribution is -0.132. The summed E-state index contributed by atoms with van der Waals surface area (Å²) < 4.78 is 6.67. The van der Waals surface area contributed by atoms with Gasteiger partial charge < -0.3 is 15.0 Å². The van der Waals surface area contributed by atoms with E-state index in [1.165, 1.54) is 6.08 Å². The third kappa shape index (κ3) is 4.34. The second-order valence-electron chi connectivity index (χ2n) is 6.29. The van der Waals surface area contributed by atoms with Gasteiger partial charge in [0, 0.05) is 30.1 Å². The molecule has 0 saturated carbocycles. The molecule has 2 amide bonds. The Morgan fingerprint density at radius 1 is 1.36 bits per heavy atom. The van der Waals surface area contributed by atoms with Crippen molar-refractivity contribution < 1.29 is 14.3 Å². The lowest BCUT2D eigenvalue weighted by atomic mass is 10.2. The molecule has 0 radical (unpaired) electrons. The van der Waals surface area contributed by atoms with Crippen molar-refractivity contribution in [1.82, 2.24) is 14.7 Å². The standard InChI is InChI=1S/C19H21ClN4O3S/c1-12-15(18(20)23(2)22-12)8-9-17(25)24-11-28-10-16(24)19(26)21-13-4-6-14(27-3)7-5-13/h4-9,16H,10-11H2,1-3H3,(H,21,26)/b9-8+. The number of amides is 2. The number of hydrogen-bond donors (Lipinski definition) is 1. The van der Waals surface area contributed by atoms with Crippen LogP contribution in [0.3, 0.4) is 0 Å². The molecular formula is C19H21ClN4O3S. The fourth-order valence-corrected chi connectivity index (χ4v) is 4.26. The molecule has 1 unspecified atom stereocenters. The van der Waals surface area contributed by atoms with Crippen LogP contribution >= 0.6 is 23.4 Å². The molecule has 0 aliphatic carbocycles. The van der Waals surface area contributed by atoms with Crippen molar-refractivity contribution in [3.8, 4) is 5.75 Å². The minimum Gasteiger partial charge on any atom is -0.497 e. The normalized spacial score (nSPS) is 16.6. The van der Waals surface area contributed by atoms with Gasteiger partial charge in [0.05, 0.1) is 18.7 Å². The molecule has 7 nitrogen and oxygen atoms in total. The van der Waals surface area contributed by atoms with Gasteiger partial charge in [0.2, 0.25) is 11.8 Å². The van der Waals surface area contributed by atoms with Gasteiger partial charge >= 0.3 is 0 Å². The van der Waals surface area contributed by atoms with Gasteiger partial charge in [-0.2, -0.15) is 5.10 Å². The van der Waals surface area contributed by atoms with Gasteiger partial charge in [-0.1, -0.05) is 11.6 Å². The van der Waals surface area contributed by atoms with E-state index in [-0.39, 0.29) is 11.8 Å². The summed E-state index contributed by atoms with van der Waals surface area (Å²) in [4.78, 5) is 26.9. The summed E-state index contributed by atoms with van der Waals surface area (Å²) >= 11 is 7.74. The lowest BCUT2D eigenvalue weighted by Gasteiger charge is -2.21. The number of rotatable bonds is 5. The van der Waals surface area contributed by atoms with Crippen molar-refractivity contribution in [2.45, 2.75) is 13.0 Å². The van der Waals surface area contributed by atoms with E-state index in [1.54, 1.807) is 65.8 Å². The number of anilines is 1. The number of aromatic nitrogens is 2. The molecular weight excluding hydrogens is 400 g/mol. The Labute approximate surface area is 172 Å². The van der Waals surface area contributed by atoms with Crippen molar-refractivity contribution in [3.63, 3.8) is 0 Å². The third-order valence-corrected chi connectivity index (χ3v) is 5.87. The Bertz CT molecular complexity index is 911. The molecule has 3 rings (SSSR count). The molecule has 28 heavy (non-hydrogen) atoms. The highest BCUT2D eigenvalue weighted by Crippen LogP contribution is 2.25. The van der Waals surface area contributed by atoms with E-state index in [1.807, 2.05) is 6.92 Å². The maximum atomic E-state index is 12.7. The zero-order valence-electron chi connectivity index (χ0n) is 15.8. The molecule has 1 fully saturated rings. The predicted octanol–water partition coefficient (Wildman–Crippen LogP) is 2.94. The number of nitrogens with one attached hydrogen (secondary N) is 1. The van der Waals surface area contributed by atoms with Gasteiger partial charge in [0.1, 0.15) is 16.9 Å². The molecule has 2 aromatic rings. The first kappa shape index (κ1) is 20.3. The topological polar surface area (TPSA) is 76.5 Å². The Balaban J connectivity index is 1.68.